The van der Waals surface area contributed by atoms with Crippen molar-refractivity contribution in [3.8, 4) is 10.6 Å². The van der Waals surface area contributed by atoms with Crippen molar-refractivity contribution in [3.63, 3.8) is 0 Å². The summed E-state index contributed by atoms with van der Waals surface area (Å²) in [7, 11) is 0. The van der Waals surface area contributed by atoms with Crippen molar-refractivity contribution in [2.24, 2.45) is 0 Å². The number of thiophene rings is 1. The molecule has 2 aromatic heterocycles. The van der Waals surface area contributed by atoms with Gasteiger partial charge >= 0.3 is 0 Å². The molecule has 3 heterocycles. The summed E-state index contributed by atoms with van der Waals surface area (Å²) in [5, 5.41) is 9.73. The van der Waals surface area contributed by atoms with Gasteiger partial charge in [0.25, 0.3) is 0 Å². The summed E-state index contributed by atoms with van der Waals surface area (Å²) in [6.45, 7) is 2.11. The monoisotopic (exact) mass is 349 g/mol. The van der Waals surface area contributed by atoms with Crippen molar-refractivity contribution in [3.05, 3.63) is 27.9 Å². The summed E-state index contributed by atoms with van der Waals surface area (Å²) in [6.07, 6.45) is 2.82. The molecular weight excluding hydrogens is 330 g/mol. The molecule has 1 aliphatic heterocycles. The Labute approximate surface area is 143 Å². The minimum Gasteiger partial charge on any atom is -0.355 e. The van der Waals surface area contributed by atoms with Crippen molar-refractivity contribution in [1.82, 2.24) is 15.2 Å². The van der Waals surface area contributed by atoms with Gasteiger partial charge < -0.3 is 10.2 Å². The fourth-order valence-corrected chi connectivity index (χ4v) is 4.10. The number of nitrogens with one attached hydrogen (secondary N) is 1. The van der Waals surface area contributed by atoms with Crippen molar-refractivity contribution in [1.29, 1.82) is 0 Å². The van der Waals surface area contributed by atoms with Gasteiger partial charge in [0.1, 0.15) is 5.01 Å². The third kappa shape index (κ3) is 4.39. The van der Waals surface area contributed by atoms with Crippen LogP contribution in [0.1, 0.15) is 25.0 Å². The lowest BCUT2D eigenvalue weighted by atomic mass is 10.3. The second-order valence-corrected chi connectivity index (χ2v) is 7.16. The first-order chi connectivity index (χ1) is 11.2. The van der Waals surface area contributed by atoms with Crippen LogP contribution in [0.3, 0.4) is 0 Å². The van der Waals surface area contributed by atoms with Gasteiger partial charge in [0, 0.05) is 42.4 Å². The molecule has 3 rings (SSSR count). The number of rotatable bonds is 6. The van der Waals surface area contributed by atoms with Crippen LogP contribution >= 0.6 is 22.7 Å². The fraction of sp³-hybridized carbons (Fsp3) is 0.438. The number of hydrogen-bond donors (Lipinski definition) is 1. The summed E-state index contributed by atoms with van der Waals surface area (Å²) in [6, 6.07) is 2.03. The molecular formula is C16H19N3O2S2. The van der Waals surface area contributed by atoms with Crippen LogP contribution in [0.15, 0.2) is 22.2 Å². The van der Waals surface area contributed by atoms with Gasteiger partial charge in [-0.3, -0.25) is 9.59 Å². The van der Waals surface area contributed by atoms with Gasteiger partial charge in [0.15, 0.2) is 0 Å². The van der Waals surface area contributed by atoms with Gasteiger partial charge in [-0.25, -0.2) is 4.98 Å². The molecule has 23 heavy (non-hydrogen) atoms. The lowest BCUT2D eigenvalue weighted by Gasteiger charge is -2.15. The van der Waals surface area contributed by atoms with Gasteiger partial charge in [-0.15, -0.1) is 11.3 Å². The Kier molecular flexibility index (Phi) is 5.40. The molecule has 2 amide bonds. The first kappa shape index (κ1) is 16.1. The maximum atomic E-state index is 11.9. The van der Waals surface area contributed by atoms with E-state index in [1.165, 1.54) is 0 Å². The Bertz CT molecular complexity index is 661. The number of likely N-dealkylation sites (tertiary alicyclic amines) is 1. The van der Waals surface area contributed by atoms with E-state index in [9.17, 15) is 9.59 Å². The molecule has 0 aliphatic carbocycles. The summed E-state index contributed by atoms with van der Waals surface area (Å²) in [5.41, 5.74) is 1.88. The van der Waals surface area contributed by atoms with Gasteiger partial charge in [0.05, 0.1) is 12.1 Å². The highest BCUT2D eigenvalue weighted by molar-refractivity contribution is 7.14. The van der Waals surface area contributed by atoms with E-state index in [-0.39, 0.29) is 18.2 Å². The molecule has 1 fully saturated rings. The fourth-order valence-electron chi connectivity index (χ4n) is 2.57. The highest BCUT2D eigenvalue weighted by Gasteiger charge is 2.17. The molecule has 0 unspecified atom stereocenters. The first-order valence-electron chi connectivity index (χ1n) is 7.74. The Balaban J connectivity index is 1.42. The largest absolute Gasteiger partial charge is 0.355 e. The van der Waals surface area contributed by atoms with Crippen molar-refractivity contribution >= 4 is 34.5 Å². The summed E-state index contributed by atoms with van der Waals surface area (Å²) < 4.78 is 0. The lowest BCUT2D eigenvalue weighted by molar-refractivity contribution is -0.130. The van der Waals surface area contributed by atoms with E-state index in [0.29, 0.717) is 13.0 Å². The number of nitrogens with zero attached hydrogens (tertiary/aromatic N) is 2. The van der Waals surface area contributed by atoms with E-state index in [2.05, 4.69) is 10.3 Å². The highest BCUT2D eigenvalue weighted by Crippen LogP contribution is 2.25. The molecule has 7 heteroatoms. The topological polar surface area (TPSA) is 62.3 Å². The maximum Gasteiger partial charge on any atom is 0.226 e. The highest BCUT2D eigenvalue weighted by atomic mass is 32.1. The number of amides is 2. The zero-order valence-corrected chi connectivity index (χ0v) is 14.4. The minimum absolute atomic E-state index is 0.0820. The molecule has 1 saturated heterocycles. The van der Waals surface area contributed by atoms with Crippen LogP contribution in [0.2, 0.25) is 0 Å². The van der Waals surface area contributed by atoms with Crippen LogP contribution in [-0.4, -0.2) is 41.3 Å². The second-order valence-electron chi connectivity index (χ2n) is 5.52. The Morgan fingerprint density at radius 3 is 2.83 bits per heavy atom. The predicted octanol–water partition coefficient (Wildman–Crippen LogP) is 2.54. The van der Waals surface area contributed by atoms with E-state index in [0.717, 1.165) is 42.2 Å². The normalized spacial score (nSPS) is 14.2. The van der Waals surface area contributed by atoms with Crippen LogP contribution in [0.4, 0.5) is 0 Å². The van der Waals surface area contributed by atoms with Crippen LogP contribution in [0.5, 0.6) is 0 Å². The van der Waals surface area contributed by atoms with Gasteiger partial charge in [-0.2, -0.15) is 11.3 Å². The van der Waals surface area contributed by atoms with E-state index in [4.69, 9.17) is 0 Å². The molecule has 1 N–H and O–H groups in total. The maximum absolute atomic E-state index is 11.9. The standard InChI is InChI=1S/C16H19N3O2S2/c20-14(17-5-3-15(21)19-6-1-2-7-19)9-13-11-23-16(18-13)12-4-8-22-10-12/h4,8,10-11H,1-3,5-7,9H2,(H,17,20). The van der Waals surface area contributed by atoms with Crippen molar-refractivity contribution < 1.29 is 9.59 Å². The third-order valence-electron chi connectivity index (χ3n) is 3.78. The molecule has 0 bridgehead atoms. The molecule has 0 saturated carbocycles. The van der Waals surface area contributed by atoms with Crippen molar-refractivity contribution in [2.75, 3.05) is 19.6 Å². The molecule has 0 spiro atoms. The number of carbonyl (C=O) groups is 2. The van der Waals surface area contributed by atoms with Crippen LogP contribution in [0, 0.1) is 0 Å². The molecule has 0 atom stereocenters. The number of carbonyl (C=O) groups excluding carboxylic acids is 2. The van der Waals surface area contributed by atoms with Gasteiger partial charge in [0.2, 0.25) is 11.8 Å². The lowest BCUT2D eigenvalue weighted by Crippen LogP contribution is -2.33. The Morgan fingerprint density at radius 1 is 1.26 bits per heavy atom. The SMILES string of the molecule is O=C(Cc1csc(-c2ccsc2)n1)NCCC(=O)N1CCCC1. The molecule has 122 valence electrons. The quantitative estimate of drug-likeness (QED) is 0.872. The number of hydrogen-bond acceptors (Lipinski definition) is 5. The van der Waals surface area contributed by atoms with Crippen molar-refractivity contribution in [2.45, 2.75) is 25.7 Å². The van der Waals surface area contributed by atoms with E-state index < -0.39 is 0 Å². The van der Waals surface area contributed by atoms with Crippen LogP contribution in [0.25, 0.3) is 10.6 Å². The van der Waals surface area contributed by atoms with Crippen LogP contribution in [-0.2, 0) is 16.0 Å². The minimum atomic E-state index is -0.0820. The summed E-state index contributed by atoms with van der Waals surface area (Å²) in [4.78, 5) is 30.2. The summed E-state index contributed by atoms with van der Waals surface area (Å²) in [5.74, 6) is 0.0533. The Morgan fingerprint density at radius 2 is 2.09 bits per heavy atom. The average Bonchev–Trinajstić information content (AvgIpc) is 3.28. The molecule has 0 radical (unpaired) electrons. The molecule has 2 aromatic rings. The second kappa shape index (κ2) is 7.70. The van der Waals surface area contributed by atoms with Gasteiger partial charge in [-0.1, -0.05) is 0 Å². The Hall–Kier alpha value is -1.73. The van der Waals surface area contributed by atoms with E-state index in [1.54, 1.807) is 22.7 Å². The number of thiazole rings is 1. The molecule has 0 aromatic carbocycles. The summed E-state index contributed by atoms with van der Waals surface area (Å²) >= 11 is 3.18. The third-order valence-corrected chi connectivity index (χ3v) is 5.40. The van der Waals surface area contributed by atoms with E-state index in [1.807, 2.05) is 27.1 Å². The van der Waals surface area contributed by atoms with Gasteiger partial charge in [-0.05, 0) is 24.3 Å². The average molecular weight is 349 g/mol. The smallest absolute Gasteiger partial charge is 0.226 e. The van der Waals surface area contributed by atoms with Crippen LogP contribution < -0.4 is 5.32 Å². The zero-order valence-electron chi connectivity index (χ0n) is 12.8. The zero-order chi connectivity index (χ0) is 16.1. The first-order valence-corrected chi connectivity index (χ1v) is 9.56. The van der Waals surface area contributed by atoms with E-state index >= 15 is 0 Å². The molecule has 5 nitrogen and oxygen atoms in total. The predicted molar refractivity (Wildman–Crippen MR) is 92.6 cm³/mol. The molecule has 1 aliphatic rings. The number of aromatic nitrogens is 1.